The van der Waals surface area contributed by atoms with Gasteiger partial charge in [0, 0.05) is 16.2 Å². The van der Waals surface area contributed by atoms with Crippen LogP contribution in [0.2, 0.25) is 0 Å². The molecule has 2 N–H and O–H groups in total. The Morgan fingerprint density at radius 2 is 2.14 bits per heavy atom. The highest BCUT2D eigenvalue weighted by Gasteiger charge is 2.24. The van der Waals surface area contributed by atoms with E-state index >= 15 is 0 Å². The molecule has 1 aromatic carbocycles. The number of thiophene rings is 1. The van der Waals surface area contributed by atoms with E-state index in [-0.39, 0.29) is 5.91 Å². The van der Waals surface area contributed by atoms with Crippen LogP contribution in [0, 0.1) is 0 Å². The zero-order valence-electron chi connectivity index (χ0n) is 11.8. The molecule has 0 bridgehead atoms. The Labute approximate surface area is 127 Å². The topological polar surface area (TPSA) is 61.5 Å². The normalized spacial score (nSPS) is 13.8. The summed E-state index contributed by atoms with van der Waals surface area (Å²) in [7, 11) is 1.65. The number of benzene rings is 1. The Morgan fingerprint density at radius 1 is 1.38 bits per heavy atom. The van der Waals surface area contributed by atoms with Gasteiger partial charge in [-0.25, -0.2) is 0 Å². The molecule has 0 saturated carbocycles. The van der Waals surface area contributed by atoms with E-state index in [9.17, 15) is 4.79 Å². The summed E-state index contributed by atoms with van der Waals surface area (Å²) in [6.07, 6.45) is 1.48. The lowest BCUT2D eigenvalue weighted by molar-refractivity contribution is 0.0989. The first-order valence-corrected chi connectivity index (χ1v) is 7.64. The number of nitrogens with two attached hydrogens (primary N) is 1. The summed E-state index contributed by atoms with van der Waals surface area (Å²) < 4.78 is 10.6. The number of fused-ring (bicyclic) bond motifs is 1. The number of methoxy groups -OCH3 is 1. The van der Waals surface area contributed by atoms with Gasteiger partial charge >= 0.3 is 0 Å². The van der Waals surface area contributed by atoms with Crippen molar-refractivity contribution in [3.05, 3.63) is 50.7 Å². The van der Waals surface area contributed by atoms with Crippen molar-refractivity contribution in [3.63, 3.8) is 0 Å². The van der Waals surface area contributed by atoms with Gasteiger partial charge in [0.25, 0.3) is 0 Å². The van der Waals surface area contributed by atoms with Crippen LogP contribution in [0.3, 0.4) is 0 Å². The van der Waals surface area contributed by atoms with Gasteiger partial charge in [0.1, 0.15) is 5.75 Å². The van der Waals surface area contributed by atoms with Crippen LogP contribution in [-0.4, -0.2) is 19.6 Å². The molecule has 0 saturated heterocycles. The summed E-state index contributed by atoms with van der Waals surface area (Å²) in [5.74, 6) is 0.491. The Hall–Kier alpha value is -1.85. The first kappa shape index (κ1) is 14.1. The molecule has 5 heteroatoms. The SMILES string of the molecule is COc1ccc(Cc2sc3c(c2C(N)=O)CCOC3)cc1. The van der Waals surface area contributed by atoms with Crippen LogP contribution >= 0.6 is 11.3 Å². The van der Waals surface area contributed by atoms with Crippen LogP contribution < -0.4 is 10.5 Å². The second kappa shape index (κ2) is 5.87. The molecule has 0 fully saturated rings. The average Bonchev–Trinajstić information content (AvgIpc) is 2.86. The van der Waals surface area contributed by atoms with E-state index in [4.69, 9.17) is 15.2 Å². The highest BCUT2D eigenvalue weighted by molar-refractivity contribution is 7.12. The first-order valence-electron chi connectivity index (χ1n) is 6.83. The van der Waals surface area contributed by atoms with Gasteiger partial charge in [0.2, 0.25) is 5.91 Å². The van der Waals surface area contributed by atoms with E-state index in [1.165, 1.54) is 0 Å². The number of rotatable bonds is 4. The molecule has 0 spiro atoms. The second-order valence-electron chi connectivity index (χ2n) is 4.99. The number of amides is 1. The summed E-state index contributed by atoms with van der Waals surface area (Å²) in [6, 6.07) is 7.88. The van der Waals surface area contributed by atoms with E-state index in [1.807, 2.05) is 24.3 Å². The summed E-state index contributed by atoms with van der Waals surface area (Å²) in [5, 5.41) is 0. The summed E-state index contributed by atoms with van der Waals surface area (Å²) >= 11 is 1.64. The first-order chi connectivity index (χ1) is 10.2. The molecule has 3 rings (SSSR count). The highest BCUT2D eigenvalue weighted by atomic mass is 32.1. The number of carbonyl (C=O) groups is 1. The van der Waals surface area contributed by atoms with Crippen LogP contribution in [0.25, 0.3) is 0 Å². The predicted molar refractivity (Wildman–Crippen MR) is 82.0 cm³/mol. The van der Waals surface area contributed by atoms with E-state index in [1.54, 1.807) is 18.4 Å². The van der Waals surface area contributed by atoms with Crippen LogP contribution in [0.15, 0.2) is 24.3 Å². The fourth-order valence-electron chi connectivity index (χ4n) is 2.63. The van der Waals surface area contributed by atoms with Crippen molar-refractivity contribution >= 4 is 17.2 Å². The minimum Gasteiger partial charge on any atom is -0.497 e. The van der Waals surface area contributed by atoms with Crippen molar-refractivity contribution in [1.82, 2.24) is 0 Å². The van der Waals surface area contributed by atoms with Gasteiger partial charge in [-0.1, -0.05) is 12.1 Å². The van der Waals surface area contributed by atoms with E-state index < -0.39 is 0 Å². The molecule has 0 radical (unpaired) electrons. The number of carbonyl (C=O) groups excluding carboxylic acids is 1. The smallest absolute Gasteiger partial charge is 0.250 e. The van der Waals surface area contributed by atoms with E-state index in [0.717, 1.165) is 33.1 Å². The summed E-state index contributed by atoms with van der Waals surface area (Å²) in [6.45, 7) is 1.24. The molecule has 0 aliphatic carbocycles. The molecular formula is C16H17NO3S. The lowest BCUT2D eigenvalue weighted by Crippen LogP contribution is -2.17. The number of primary amides is 1. The van der Waals surface area contributed by atoms with E-state index in [0.29, 0.717) is 25.2 Å². The van der Waals surface area contributed by atoms with Crippen LogP contribution in [0.5, 0.6) is 5.75 Å². The van der Waals surface area contributed by atoms with Gasteiger partial charge in [-0.05, 0) is 29.7 Å². The standard InChI is InChI=1S/C16H17NO3S/c1-19-11-4-2-10(3-5-11)8-13-15(16(17)18)12-6-7-20-9-14(12)21-13/h2-5H,6-9H2,1H3,(H2,17,18). The molecule has 0 atom stereocenters. The highest BCUT2D eigenvalue weighted by Crippen LogP contribution is 2.33. The van der Waals surface area contributed by atoms with Gasteiger partial charge in [-0.2, -0.15) is 0 Å². The Bertz CT molecular complexity index is 661. The molecule has 2 heterocycles. The maximum atomic E-state index is 11.8. The van der Waals surface area contributed by atoms with Crippen molar-refractivity contribution < 1.29 is 14.3 Å². The third kappa shape index (κ3) is 2.80. The van der Waals surface area contributed by atoms with Crippen molar-refractivity contribution in [2.24, 2.45) is 5.73 Å². The molecule has 4 nitrogen and oxygen atoms in total. The van der Waals surface area contributed by atoms with Crippen molar-refractivity contribution in [3.8, 4) is 5.75 Å². The predicted octanol–water partition coefficient (Wildman–Crippen LogP) is 2.52. The molecule has 1 amide bonds. The van der Waals surface area contributed by atoms with Gasteiger partial charge < -0.3 is 15.2 Å². The van der Waals surface area contributed by atoms with Gasteiger partial charge in [0.15, 0.2) is 0 Å². The molecule has 1 aromatic heterocycles. The Balaban J connectivity index is 1.93. The monoisotopic (exact) mass is 303 g/mol. The van der Waals surface area contributed by atoms with Crippen LogP contribution in [0.1, 0.15) is 31.2 Å². The molecule has 21 heavy (non-hydrogen) atoms. The van der Waals surface area contributed by atoms with Crippen molar-refractivity contribution in [2.45, 2.75) is 19.4 Å². The van der Waals surface area contributed by atoms with Crippen LogP contribution in [-0.2, 0) is 24.2 Å². The molecular weight excluding hydrogens is 286 g/mol. The number of hydrogen-bond donors (Lipinski definition) is 1. The Morgan fingerprint density at radius 3 is 2.81 bits per heavy atom. The molecule has 2 aromatic rings. The molecule has 0 unspecified atom stereocenters. The molecule has 110 valence electrons. The minimum atomic E-state index is -0.335. The lowest BCUT2D eigenvalue weighted by Gasteiger charge is -2.12. The third-order valence-electron chi connectivity index (χ3n) is 3.66. The van der Waals surface area contributed by atoms with Crippen LogP contribution in [0.4, 0.5) is 0 Å². The fourth-order valence-corrected chi connectivity index (χ4v) is 3.96. The van der Waals surface area contributed by atoms with Gasteiger partial charge in [0.05, 0.1) is 25.9 Å². The zero-order chi connectivity index (χ0) is 14.8. The molecule has 1 aliphatic heterocycles. The maximum absolute atomic E-state index is 11.8. The summed E-state index contributed by atoms with van der Waals surface area (Å²) in [5.41, 5.74) is 8.51. The minimum absolute atomic E-state index is 0.335. The van der Waals surface area contributed by atoms with Crippen molar-refractivity contribution in [1.29, 1.82) is 0 Å². The quantitative estimate of drug-likeness (QED) is 0.944. The maximum Gasteiger partial charge on any atom is 0.250 e. The van der Waals surface area contributed by atoms with Gasteiger partial charge in [-0.15, -0.1) is 11.3 Å². The second-order valence-corrected chi connectivity index (χ2v) is 6.18. The number of hydrogen-bond acceptors (Lipinski definition) is 4. The third-order valence-corrected chi connectivity index (χ3v) is 4.87. The average molecular weight is 303 g/mol. The fraction of sp³-hybridized carbons (Fsp3) is 0.312. The Kier molecular flexibility index (Phi) is 3.94. The van der Waals surface area contributed by atoms with Gasteiger partial charge in [-0.3, -0.25) is 4.79 Å². The largest absolute Gasteiger partial charge is 0.497 e. The zero-order valence-corrected chi connectivity index (χ0v) is 12.7. The van der Waals surface area contributed by atoms with Crippen molar-refractivity contribution in [2.75, 3.05) is 13.7 Å². The van der Waals surface area contributed by atoms with E-state index in [2.05, 4.69) is 0 Å². The molecule has 1 aliphatic rings. The number of ether oxygens (including phenoxy) is 2. The summed E-state index contributed by atoms with van der Waals surface area (Å²) in [4.78, 5) is 14.0. The lowest BCUT2D eigenvalue weighted by atomic mass is 10.0.